The first kappa shape index (κ1) is 13.7. The minimum Gasteiger partial charge on any atom is -0.321 e. The molecule has 1 aromatic carbocycles. The summed E-state index contributed by atoms with van der Waals surface area (Å²) < 4.78 is 22.2. The summed E-state index contributed by atoms with van der Waals surface area (Å²) in [5.41, 5.74) is 0.196. The van der Waals surface area contributed by atoms with E-state index in [4.69, 9.17) is 16.7 Å². The SMILES string of the molecule is C/C=C/C(=O)Nc1cc(S(N)(=O)=O)ccc1Cl. The molecule has 0 heterocycles. The molecule has 7 heteroatoms. The highest BCUT2D eigenvalue weighted by Gasteiger charge is 2.11. The third-order valence-corrected chi connectivity index (χ3v) is 3.08. The number of carbonyl (C=O) groups excluding carboxylic acids is 1. The Bertz CT molecular complexity index is 567. The van der Waals surface area contributed by atoms with Gasteiger partial charge in [0.2, 0.25) is 15.9 Å². The third kappa shape index (κ3) is 3.85. The largest absolute Gasteiger partial charge is 0.321 e. The van der Waals surface area contributed by atoms with E-state index < -0.39 is 15.9 Å². The highest BCUT2D eigenvalue weighted by molar-refractivity contribution is 7.89. The maximum atomic E-state index is 11.3. The third-order valence-electron chi connectivity index (χ3n) is 1.84. The Kier molecular flexibility index (Phi) is 4.28. The number of sulfonamides is 1. The lowest BCUT2D eigenvalue weighted by Crippen LogP contribution is -2.14. The van der Waals surface area contributed by atoms with Gasteiger partial charge in [-0.2, -0.15) is 0 Å². The van der Waals surface area contributed by atoms with Crippen LogP contribution in [0.1, 0.15) is 6.92 Å². The second kappa shape index (κ2) is 5.31. The second-order valence-corrected chi connectivity index (χ2v) is 5.14. The number of halogens is 1. The summed E-state index contributed by atoms with van der Waals surface area (Å²) in [5, 5.41) is 7.65. The number of hydrogen-bond donors (Lipinski definition) is 2. The molecule has 1 rings (SSSR count). The van der Waals surface area contributed by atoms with Crippen molar-refractivity contribution < 1.29 is 13.2 Å². The van der Waals surface area contributed by atoms with Crippen molar-refractivity contribution in [2.24, 2.45) is 5.14 Å². The molecule has 0 aliphatic rings. The van der Waals surface area contributed by atoms with E-state index in [9.17, 15) is 13.2 Å². The van der Waals surface area contributed by atoms with Gasteiger partial charge in [-0.25, -0.2) is 13.6 Å². The Labute approximate surface area is 104 Å². The van der Waals surface area contributed by atoms with Gasteiger partial charge in [0.15, 0.2) is 0 Å². The van der Waals surface area contributed by atoms with E-state index in [2.05, 4.69) is 5.32 Å². The minimum absolute atomic E-state index is 0.113. The number of amides is 1. The molecule has 0 spiro atoms. The van der Waals surface area contributed by atoms with E-state index in [-0.39, 0.29) is 15.6 Å². The smallest absolute Gasteiger partial charge is 0.248 e. The molecule has 0 saturated heterocycles. The Hall–Kier alpha value is -1.37. The topological polar surface area (TPSA) is 89.3 Å². The summed E-state index contributed by atoms with van der Waals surface area (Å²) in [6, 6.07) is 3.83. The monoisotopic (exact) mass is 274 g/mol. The van der Waals surface area contributed by atoms with Crippen molar-refractivity contribution in [2.75, 3.05) is 5.32 Å². The lowest BCUT2D eigenvalue weighted by atomic mass is 10.3. The molecule has 1 aromatic rings. The standard InChI is InChI=1S/C10H11ClN2O3S/c1-2-3-10(14)13-9-6-7(17(12,15)16)4-5-8(9)11/h2-6H,1H3,(H,13,14)(H2,12,15,16)/b3-2+. The molecule has 0 aliphatic carbocycles. The van der Waals surface area contributed by atoms with Crippen LogP contribution in [0, 0.1) is 0 Å². The van der Waals surface area contributed by atoms with Gasteiger partial charge in [-0.05, 0) is 31.2 Å². The molecule has 0 aliphatic heterocycles. The van der Waals surface area contributed by atoms with Crippen molar-refractivity contribution in [2.45, 2.75) is 11.8 Å². The molecular weight excluding hydrogens is 264 g/mol. The van der Waals surface area contributed by atoms with Gasteiger partial charge < -0.3 is 5.32 Å². The second-order valence-electron chi connectivity index (χ2n) is 3.18. The quantitative estimate of drug-likeness (QED) is 0.819. The summed E-state index contributed by atoms with van der Waals surface area (Å²) in [6.45, 7) is 1.68. The van der Waals surface area contributed by atoms with Crippen LogP contribution in [0.3, 0.4) is 0 Å². The molecule has 92 valence electrons. The van der Waals surface area contributed by atoms with Crippen molar-refractivity contribution in [3.8, 4) is 0 Å². The van der Waals surface area contributed by atoms with E-state index in [1.54, 1.807) is 13.0 Å². The van der Waals surface area contributed by atoms with E-state index in [1.165, 1.54) is 24.3 Å². The summed E-state index contributed by atoms with van der Waals surface area (Å²) in [4.78, 5) is 11.2. The van der Waals surface area contributed by atoms with Crippen molar-refractivity contribution in [1.82, 2.24) is 0 Å². The van der Waals surface area contributed by atoms with E-state index in [1.807, 2.05) is 0 Å². The Morgan fingerprint density at radius 3 is 2.65 bits per heavy atom. The summed E-state index contributed by atoms with van der Waals surface area (Å²) >= 11 is 5.82. The van der Waals surface area contributed by atoms with Crippen molar-refractivity contribution in [1.29, 1.82) is 0 Å². The number of anilines is 1. The van der Waals surface area contributed by atoms with Crippen LogP contribution >= 0.6 is 11.6 Å². The first-order valence-corrected chi connectivity index (χ1v) is 6.53. The van der Waals surface area contributed by atoms with Crippen LogP contribution in [-0.4, -0.2) is 14.3 Å². The molecule has 3 N–H and O–H groups in total. The number of nitrogens with one attached hydrogen (secondary N) is 1. The van der Waals surface area contributed by atoms with Crippen molar-refractivity contribution >= 4 is 33.2 Å². The fourth-order valence-corrected chi connectivity index (χ4v) is 1.81. The predicted octanol–water partition coefficient (Wildman–Crippen LogP) is 1.50. The van der Waals surface area contributed by atoms with Crippen LogP contribution in [0.15, 0.2) is 35.2 Å². The maximum absolute atomic E-state index is 11.3. The molecule has 0 bridgehead atoms. The number of allylic oxidation sites excluding steroid dienone is 1. The predicted molar refractivity (Wildman–Crippen MR) is 66.3 cm³/mol. The van der Waals surface area contributed by atoms with Gasteiger partial charge in [-0.15, -0.1) is 0 Å². The molecule has 17 heavy (non-hydrogen) atoms. The summed E-state index contributed by atoms with van der Waals surface area (Å²) in [5.74, 6) is -0.402. The highest BCUT2D eigenvalue weighted by atomic mass is 35.5. The number of primary sulfonamides is 1. The lowest BCUT2D eigenvalue weighted by molar-refractivity contribution is -0.111. The maximum Gasteiger partial charge on any atom is 0.248 e. The average molecular weight is 275 g/mol. The molecule has 0 aromatic heterocycles. The highest BCUT2D eigenvalue weighted by Crippen LogP contribution is 2.24. The number of hydrogen-bond acceptors (Lipinski definition) is 3. The van der Waals surface area contributed by atoms with Gasteiger partial charge in [0, 0.05) is 0 Å². The average Bonchev–Trinajstić information content (AvgIpc) is 2.20. The molecule has 1 amide bonds. The van der Waals surface area contributed by atoms with Gasteiger partial charge in [0.05, 0.1) is 15.6 Å². The molecule has 0 atom stereocenters. The van der Waals surface area contributed by atoms with Gasteiger partial charge in [-0.1, -0.05) is 17.7 Å². The first-order valence-electron chi connectivity index (χ1n) is 4.60. The van der Waals surface area contributed by atoms with Crippen LogP contribution in [0.2, 0.25) is 5.02 Å². The fourth-order valence-electron chi connectivity index (χ4n) is 1.10. The van der Waals surface area contributed by atoms with Gasteiger partial charge in [-0.3, -0.25) is 4.79 Å². The Balaban J connectivity index is 3.12. The van der Waals surface area contributed by atoms with Crippen molar-refractivity contribution in [3.63, 3.8) is 0 Å². The van der Waals surface area contributed by atoms with Crippen LogP contribution in [-0.2, 0) is 14.8 Å². The normalized spacial score (nSPS) is 11.7. The summed E-state index contributed by atoms with van der Waals surface area (Å²) in [6.07, 6.45) is 2.84. The van der Waals surface area contributed by atoms with Crippen LogP contribution in [0.5, 0.6) is 0 Å². The molecule has 0 radical (unpaired) electrons. The number of carbonyl (C=O) groups is 1. The Morgan fingerprint density at radius 1 is 1.47 bits per heavy atom. The van der Waals surface area contributed by atoms with E-state index in [0.29, 0.717) is 0 Å². The summed E-state index contributed by atoms with van der Waals surface area (Å²) in [7, 11) is -3.82. The van der Waals surface area contributed by atoms with E-state index in [0.717, 1.165) is 0 Å². The van der Waals surface area contributed by atoms with Gasteiger partial charge in [0.1, 0.15) is 0 Å². The number of rotatable bonds is 3. The fraction of sp³-hybridized carbons (Fsp3) is 0.100. The molecule has 5 nitrogen and oxygen atoms in total. The molecule has 0 saturated carbocycles. The minimum atomic E-state index is -3.82. The van der Waals surface area contributed by atoms with E-state index >= 15 is 0 Å². The van der Waals surface area contributed by atoms with Gasteiger partial charge in [0.25, 0.3) is 0 Å². The number of benzene rings is 1. The molecular formula is C10H11ClN2O3S. The molecule has 0 unspecified atom stereocenters. The van der Waals surface area contributed by atoms with Gasteiger partial charge >= 0.3 is 0 Å². The molecule has 0 fully saturated rings. The van der Waals surface area contributed by atoms with Crippen LogP contribution in [0.25, 0.3) is 0 Å². The first-order chi connectivity index (χ1) is 7.84. The zero-order valence-electron chi connectivity index (χ0n) is 8.98. The number of nitrogens with two attached hydrogens (primary N) is 1. The zero-order valence-corrected chi connectivity index (χ0v) is 10.5. The lowest BCUT2D eigenvalue weighted by Gasteiger charge is -2.06. The van der Waals surface area contributed by atoms with Crippen molar-refractivity contribution in [3.05, 3.63) is 35.4 Å². The zero-order chi connectivity index (χ0) is 13.1. The Morgan fingerprint density at radius 2 is 2.12 bits per heavy atom. The van der Waals surface area contributed by atoms with Crippen LogP contribution < -0.4 is 10.5 Å². The van der Waals surface area contributed by atoms with Crippen LogP contribution in [0.4, 0.5) is 5.69 Å².